The number of hydrogen-bond acceptors (Lipinski definition) is 6. The Morgan fingerprint density at radius 2 is 1.51 bits per heavy atom. The van der Waals surface area contributed by atoms with Crippen LogP contribution in [-0.2, 0) is 20.7 Å². The van der Waals surface area contributed by atoms with Crippen LogP contribution in [0.15, 0.2) is 24.3 Å². The van der Waals surface area contributed by atoms with Crippen molar-refractivity contribution in [1.82, 2.24) is 15.5 Å². The number of nitrogens with one attached hydrogen (secondary N) is 2. The maximum atomic E-state index is 13.5. The van der Waals surface area contributed by atoms with Crippen molar-refractivity contribution >= 4 is 29.7 Å². The van der Waals surface area contributed by atoms with Gasteiger partial charge in [-0.25, -0.2) is 4.79 Å². The number of nitrogens with zero attached hydrogens (tertiary/aromatic N) is 1. The monoisotopic (exact) mass is 537 g/mol. The number of thioether (sulfide) groups is 1. The molecule has 210 valence electrons. The first-order chi connectivity index (χ1) is 17.5. The van der Waals surface area contributed by atoms with E-state index in [1.807, 2.05) is 11.2 Å². The summed E-state index contributed by atoms with van der Waals surface area (Å²) in [6.45, 7) is 10.9. The summed E-state index contributed by atoms with van der Waals surface area (Å²) in [7, 11) is 0. The predicted octanol–water partition coefficient (Wildman–Crippen LogP) is 4.88. The first-order valence-corrected chi connectivity index (χ1v) is 14.8. The maximum Gasteiger partial charge on any atom is 0.408 e. The van der Waals surface area contributed by atoms with Crippen molar-refractivity contribution in [2.24, 2.45) is 0 Å². The number of rotatable bonds is 16. The Bertz CT molecular complexity index is 816. The zero-order valence-corrected chi connectivity index (χ0v) is 24.3. The number of carbonyl (C=O) groups excluding carboxylic acids is 3. The fourth-order valence-electron chi connectivity index (χ4n) is 3.80. The van der Waals surface area contributed by atoms with Gasteiger partial charge in [0.1, 0.15) is 23.4 Å². The molecule has 2 atom stereocenters. The molecule has 3 N–H and O–H groups in total. The number of phenolic OH excluding ortho intramolecular Hbond substituents is 1. The van der Waals surface area contributed by atoms with Crippen LogP contribution >= 0.6 is 11.8 Å². The lowest BCUT2D eigenvalue weighted by atomic mass is 10.0. The average Bonchev–Trinajstić information content (AvgIpc) is 2.82. The molecule has 0 radical (unpaired) electrons. The van der Waals surface area contributed by atoms with Gasteiger partial charge in [0.25, 0.3) is 0 Å². The summed E-state index contributed by atoms with van der Waals surface area (Å²) in [6, 6.07) is 4.80. The third kappa shape index (κ3) is 13.6. The van der Waals surface area contributed by atoms with E-state index in [9.17, 15) is 19.5 Å². The summed E-state index contributed by atoms with van der Waals surface area (Å²) in [4.78, 5) is 41.4. The van der Waals surface area contributed by atoms with E-state index in [2.05, 4.69) is 24.5 Å². The molecule has 0 aliphatic heterocycles. The van der Waals surface area contributed by atoms with Crippen molar-refractivity contribution in [1.29, 1.82) is 0 Å². The third-order valence-electron chi connectivity index (χ3n) is 5.71. The fourth-order valence-corrected chi connectivity index (χ4v) is 4.36. The van der Waals surface area contributed by atoms with Crippen LogP contribution in [0.4, 0.5) is 4.79 Å². The lowest BCUT2D eigenvalue weighted by Crippen LogP contribution is -2.56. The highest BCUT2D eigenvalue weighted by molar-refractivity contribution is 7.98. The molecule has 0 unspecified atom stereocenters. The highest BCUT2D eigenvalue weighted by atomic mass is 32.2. The van der Waals surface area contributed by atoms with E-state index < -0.39 is 29.7 Å². The molecule has 0 bridgehead atoms. The number of ether oxygens (including phenoxy) is 1. The van der Waals surface area contributed by atoms with Gasteiger partial charge in [-0.2, -0.15) is 11.8 Å². The SMILES string of the molecule is CCCCCN(CCCCC)C(=O)[C@H](CSC)NC(=O)[C@H](Cc1ccc(O)cc1)NC(=O)OC(C)(C)C. The molecule has 0 aromatic heterocycles. The minimum Gasteiger partial charge on any atom is -0.508 e. The minimum absolute atomic E-state index is 0.0874. The van der Waals surface area contributed by atoms with E-state index >= 15 is 0 Å². The molecule has 37 heavy (non-hydrogen) atoms. The topological polar surface area (TPSA) is 108 Å². The van der Waals surface area contributed by atoms with Crippen molar-refractivity contribution in [3.05, 3.63) is 29.8 Å². The van der Waals surface area contributed by atoms with Gasteiger partial charge in [-0.1, -0.05) is 51.7 Å². The normalized spacial score (nSPS) is 12.9. The van der Waals surface area contributed by atoms with Gasteiger partial charge >= 0.3 is 6.09 Å². The van der Waals surface area contributed by atoms with Crippen molar-refractivity contribution in [3.63, 3.8) is 0 Å². The number of hydrogen-bond donors (Lipinski definition) is 3. The van der Waals surface area contributed by atoms with Crippen LogP contribution in [-0.4, -0.2) is 70.7 Å². The molecule has 0 saturated carbocycles. The summed E-state index contributed by atoms with van der Waals surface area (Å²) < 4.78 is 5.37. The molecule has 1 aromatic rings. The van der Waals surface area contributed by atoms with Crippen molar-refractivity contribution < 1.29 is 24.2 Å². The number of carbonyl (C=O) groups is 3. The summed E-state index contributed by atoms with van der Waals surface area (Å²) >= 11 is 1.49. The van der Waals surface area contributed by atoms with Gasteiger partial charge in [0.15, 0.2) is 0 Å². The van der Waals surface area contributed by atoms with Gasteiger partial charge in [-0.05, 0) is 57.6 Å². The number of amides is 3. The van der Waals surface area contributed by atoms with Crippen LogP contribution in [0, 0.1) is 0 Å². The molecule has 0 aliphatic carbocycles. The van der Waals surface area contributed by atoms with E-state index in [1.54, 1.807) is 32.9 Å². The van der Waals surface area contributed by atoms with Crippen molar-refractivity contribution in [2.45, 2.75) is 97.2 Å². The highest BCUT2D eigenvalue weighted by Gasteiger charge is 2.30. The van der Waals surface area contributed by atoms with E-state index in [4.69, 9.17) is 4.74 Å². The summed E-state index contributed by atoms with van der Waals surface area (Å²) in [5, 5.41) is 15.2. The molecule has 8 nitrogen and oxygen atoms in total. The third-order valence-corrected chi connectivity index (χ3v) is 6.37. The van der Waals surface area contributed by atoms with E-state index in [-0.39, 0.29) is 18.1 Å². The molecule has 0 spiro atoms. The lowest BCUT2D eigenvalue weighted by molar-refractivity contribution is -0.136. The van der Waals surface area contributed by atoms with E-state index in [0.717, 1.165) is 44.1 Å². The Balaban J connectivity index is 3.07. The van der Waals surface area contributed by atoms with Crippen LogP contribution < -0.4 is 10.6 Å². The Morgan fingerprint density at radius 3 is 2.00 bits per heavy atom. The quantitative estimate of drug-likeness (QED) is 0.259. The van der Waals surface area contributed by atoms with Crippen LogP contribution in [0.25, 0.3) is 0 Å². The van der Waals surface area contributed by atoms with Gasteiger partial charge in [0, 0.05) is 25.3 Å². The number of aromatic hydroxyl groups is 1. The van der Waals surface area contributed by atoms with Gasteiger partial charge in [0.2, 0.25) is 11.8 Å². The van der Waals surface area contributed by atoms with Gasteiger partial charge < -0.3 is 25.4 Å². The van der Waals surface area contributed by atoms with Crippen LogP contribution in [0.3, 0.4) is 0 Å². The number of phenols is 1. The van der Waals surface area contributed by atoms with Crippen molar-refractivity contribution in [2.75, 3.05) is 25.1 Å². The minimum atomic E-state index is -0.954. The zero-order valence-electron chi connectivity index (χ0n) is 23.5. The summed E-state index contributed by atoms with van der Waals surface area (Å²) in [5.41, 5.74) is 0.0286. The molecular weight excluding hydrogens is 490 g/mol. The van der Waals surface area contributed by atoms with Crippen LogP contribution in [0.5, 0.6) is 5.75 Å². The maximum absolute atomic E-state index is 13.5. The van der Waals surface area contributed by atoms with E-state index in [0.29, 0.717) is 18.8 Å². The molecule has 0 saturated heterocycles. The Morgan fingerprint density at radius 1 is 0.946 bits per heavy atom. The first-order valence-electron chi connectivity index (χ1n) is 13.4. The second kappa shape index (κ2) is 17.2. The van der Waals surface area contributed by atoms with E-state index in [1.165, 1.54) is 23.9 Å². The zero-order chi connectivity index (χ0) is 27.8. The number of benzene rings is 1. The summed E-state index contributed by atoms with van der Waals surface area (Å²) in [5.74, 6) is 0.00625. The predicted molar refractivity (Wildman–Crippen MR) is 151 cm³/mol. The molecule has 0 heterocycles. The highest BCUT2D eigenvalue weighted by Crippen LogP contribution is 2.14. The molecule has 3 amide bonds. The smallest absolute Gasteiger partial charge is 0.408 e. The fraction of sp³-hybridized carbons (Fsp3) is 0.679. The second-order valence-corrected chi connectivity index (χ2v) is 11.2. The number of unbranched alkanes of at least 4 members (excludes halogenated alkanes) is 4. The number of alkyl carbamates (subject to hydrolysis) is 1. The molecule has 9 heteroatoms. The Labute approximate surface area is 227 Å². The molecular formula is C28H47N3O5S. The van der Waals surface area contributed by atoms with Gasteiger partial charge in [-0.3, -0.25) is 9.59 Å². The molecule has 1 rings (SSSR count). The van der Waals surface area contributed by atoms with Crippen LogP contribution in [0.2, 0.25) is 0 Å². The molecule has 0 aliphatic rings. The standard InChI is InChI=1S/C28H47N3O5S/c1-7-9-11-17-31(18-12-10-8-2)26(34)24(20-37-6)29-25(33)23(30-27(35)36-28(3,4)5)19-21-13-15-22(32)16-14-21/h13-16,23-24,32H,7-12,17-20H2,1-6H3,(H,29,33)(H,30,35)/t23-,24-/m0/s1. The van der Waals surface area contributed by atoms with Crippen LogP contribution in [0.1, 0.15) is 78.7 Å². The summed E-state index contributed by atoms with van der Waals surface area (Å²) in [6.07, 6.45) is 7.46. The van der Waals surface area contributed by atoms with Gasteiger partial charge in [0.05, 0.1) is 0 Å². The second-order valence-electron chi connectivity index (χ2n) is 10.3. The Hall–Kier alpha value is -2.42. The Kier molecular flexibility index (Phi) is 15.1. The lowest BCUT2D eigenvalue weighted by Gasteiger charge is -2.29. The largest absolute Gasteiger partial charge is 0.508 e. The molecule has 1 aromatic carbocycles. The van der Waals surface area contributed by atoms with Gasteiger partial charge in [-0.15, -0.1) is 0 Å². The first kappa shape index (κ1) is 32.6. The van der Waals surface area contributed by atoms with Crippen molar-refractivity contribution in [3.8, 4) is 5.75 Å². The average molecular weight is 538 g/mol. The molecule has 0 fully saturated rings.